The Morgan fingerprint density at radius 1 is 1.48 bits per heavy atom. The summed E-state index contributed by atoms with van der Waals surface area (Å²) < 4.78 is 15.5. The van der Waals surface area contributed by atoms with Crippen LogP contribution in [-0.4, -0.2) is 30.7 Å². The molecule has 7 nitrogen and oxygen atoms in total. The van der Waals surface area contributed by atoms with Crippen molar-refractivity contribution in [2.24, 2.45) is 0 Å². The van der Waals surface area contributed by atoms with Crippen LogP contribution in [0.3, 0.4) is 0 Å². The van der Waals surface area contributed by atoms with Gasteiger partial charge in [-0.2, -0.15) is 0 Å². The number of esters is 1. The van der Waals surface area contributed by atoms with Crippen LogP contribution >= 0.6 is 0 Å². The van der Waals surface area contributed by atoms with Gasteiger partial charge in [-0.1, -0.05) is 0 Å². The minimum absolute atomic E-state index is 0.166. The molecular weight excluding hydrogens is 278 g/mol. The van der Waals surface area contributed by atoms with Crippen molar-refractivity contribution >= 4 is 12.0 Å². The molecule has 7 heteroatoms. The molecule has 0 spiro atoms. The number of hydrogen-bond donors (Lipinski definition) is 0. The number of benzene rings is 1. The van der Waals surface area contributed by atoms with Gasteiger partial charge in [-0.05, 0) is 19.1 Å². The normalized spacial score (nSPS) is 16.3. The molecule has 1 heterocycles. The Morgan fingerprint density at radius 3 is 2.86 bits per heavy atom. The first-order valence-corrected chi connectivity index (χ1v) is 6.41. The van der Waals surface area contributed by atoms with E-state index in [1.54, 1.807) is 25.1 Å². The van der Waals surface area contributed by atoms with Crippen LogP contribution in [0.15, 0.2) is 23.9 Å². The molecular formula is C14H15NO6. The summed E-state index contributed by atoms with van der Waals surface area (Å²) in [7, 11) is 1.51. The van der Waals surface area contributed by atoms with E-state index in [4.69, 9.17) is 14.2 Å². The number of hydrogen-bond acceptors (Lipinski definition) is 6. The molecule has 0 radical (unpaired) electrons. The van der Waals surface area contributed by atoms with Crippen molar-refractivity contribution in [3.63, 3.8) is 0 Å². The van der Waals surface area contributed by atoms with Gasteiger partial charge in [0.1, 0.15) is 11.5 Å². The molecule has 0 aromatic heterocycles. The van der Waals surface area contributed by atoms with Crippen LogP contribution in [-0.2, 0) is 9.53 Å². The number of rotatable bonds is 5. The Morgan fingerprint density at radius 2 is 2.24 bits per heavy atom. The van der Waals surface area contributed by atoms with Gasteiger partial charge < -0.3 is 14.2 Å². The molecule has 112 valence electrons. The molecule has 0 N–H and O–H groups in total. The lowest BCUT2D eigenvalue weighted by Crippen LogP contribution is -2.30. The standard InChI is InChI=1S/C14H15NO6/c1-3-20-14(16)8-13-11(15(17)18)6-9-4-5-10(19-2)7-12(9)21-13/h4-7,13H,3,8H2,1-2H3/t13-/m1/s1. The van der Waals surface area contributed by atoms with Gasteiger partial charge >= 0.3 is 5.97 Å². The molecule has 0 fully saturated rings. The maximum absolute atomic E-state index is 11.5. The van der Waals surface area contributed by atoms with Crippen molar-refractivity contribution in [3.8, 4) is 11.5 Å². The van der Waals surface area contributed by atoms with Crippen molar-refractivity contribution < 1.29 is 23.9 Å². The van der Waals surface area contributed by atoms with Gasteiger partial charge in [-0.3, -0.25) is 14.9 Å². The first-order chi connectivity index (χ1) is 10.0. The lowest BCUT2D eigenvalue weighted by molar-refractivity contribution is -0.433. The summed E-state index contributed by atoms with van der Waals surface area (Å²) in [4.78, 5) is 22.1. The van der Waals surface area contributed by atoms with Crippen LogP contribution in [0.25, 0.3) is 6.08 Å². The minimum atomic E-state index is -0.973. The monoisotopic (exact) mass is 293 g/mol. The fraction of sp³-hybridized carbons (Fsp3) is 0.357. The van der Waals surface area contributed by atoms with Crippen molar-refractivity contribution in [1.82, 2.24) is 0 Å². The highest BCUT2D eigenvalue weighted by Crippen LogP contribution is 2.34. The molecule has 0 amide bonds. The Labute approximate surface area is 121 Å². The number of methoxy groups -OCH3 is 1. The largest absolute Gasteiger partial charge is 0.497 e. The second-order valence-electron chi connectivity index (χ2n) is 4.35. The van der Waals surface area contributed by atoms with E-state index in [1.165, 1.54) is 13.2 Å². The zero-order valence-corrected chi connectivity index (χ0v) is 11.7. The van der Waals surface area contributed by atoms with Gasteiger partial charge in [-0.25, -0.2) is 0 Å². The smallest absolute Gasteiger partial charge is 0.310 e. The molecule has 1 atom stereocenters. The summed E-state index contributed by atoms with van der Waals surface area (Å²) in [5.74, 6) is 0.470. The van der Waals surface area contributed by atoms with E-state index in [-0.39, 0.29) is 18.7 Å². The minimum Gasteiger partial charge on any atom is -0.497 e. The zero-order chi connectivity index (χ0) is 15.4. The van der Waals surface area contributed by atoms with E-state index in [1.807, 2.05) is 0 Å². The van der Waals surface area contributed by atoms with Crippen LogP contribution in [0.5, 0.6) is 11.5 Å². The van der Waals surface area contributed by atoms with Gasteiger partial charge in [0.2, 0.25) is 0 Å². The Kier molecular flexibility index (Phi) is 4.42. The van der Waals surface area contributed by atoms with Crippen LogP contribution in [0.4, 0.5) is 0 Å². The van der Waals surface area contributed by atoms with Crippen molar-refractivity contribution in [2.45, 2.75) is 19.4 Å². The number of nitrogens with zero attached hydrogens (tertiary/aromatic N) is 1. The molecule has 0 saturated heterocycles. The van der Waals surface area contributed by atoms with Gasteiger partial charge in [0.25, 0.3) is 5.70 Å². The maximum atomic E-state index is 11.5. The fourth-order valence-electron chi connectivity index (χ4n) is 2.02. The predicted octanol–water partition coefficient (Wildman–Crippen LogP) is 2.03. The third-order valence-corrected chi connectivity index (χ3v) is 2.99. The lowest BCUT2D eigenvalue weighted by atomic mass is 10.0. The van der Waals surface area contributed by atoms with E-state index in [2.05, 4.69) is 0 Å². The Bertz CT molecular complexity index is 595. The maximum Gasteiger partial charge on any atom is 0.310 e. The number of carbonyl (C=O) groups is 1. The first kappa shape index (κ1) is 14.8. The zero-order valence-electron chi connectivity index (χ0n) is 11.7. The van der Waals surface area contributed by atoms with Crippen LogP contribution in [0.2, 0.25) is 0 Å². The van der Waals surface area contributed by atoms with Gasteiger partial charge in [0.15, 0.2) is 6.10 Å². The Balaban J connectivity index is 2.30. The van der Waals surface area contributed by atoms with Crippen molar-refractivity contribution in [3.05, 3.63) is 39.6 Å². The van der Waals surface area contributed by atoms with E-state index in [0.29, 0.717) is 17.1 Å². The van der Waals surface area contributed by atoms with Gasteiger partial charge in [0.05, 0.1) is 25.1 Å². The number of nitro groups is 1. The van der Waals surface area contributed by atoms with Crippen LogP contribution < -0.4 is 9.47 Å². The average Bonchev–Trinajstić information content (AvgIpc) is 2.45. The Hall–Kier alpha value is -2.57. The third kappa shape index (κ3) is 3.31. The highest BCUT2D eigenvalue weighted by molar-refractivity contribution is 5.72. The number of ether oxygens (including phenoxy) is 3. The van der Waals surface area contributed by atoms with Crippen molar-refractivity contribution in [2.75, 3.05) is 13.7 Å². The topological polar surface area (TPSA) is 87.9 Å². The second-order valence-corrected chi connectivity index (χ2v) is 4.35. The average molecular weight is 293 g/mol. The molecule has 1 aromatic carbocycles. The van der Waals surface area contributed by atoms with E-state index < -0.39 is 17.0 Å². The number of carbonyl (C=O) groups excluding carboxylic acids is 1. The molecule has 0 unspecified atom stereocenters. The molecule has 1 aromatic rings. The van der Waals surface area contributed by atoms with Crippen molar-refractivity contribution in [1.29, 1.82) is 0 Å². The molecule has 1 aliphatic heterocycles. The molecule has 1 aliphatic rings. The summed E-state index contributed by atoms with van der Waals surface area (Å²) in [5, 5.41) is 11.1. The summed E-state index contributed by atoms with van der Waals surface area (Å²) >= 11 is 0. The van der Waals surface area contributed by atoms with Gasteiger partial charge in [-0.15, -0.1) is 0 Å². The summed E-state index contributed by atoms with van der Waals surface area (Å²) in [5.41, 5.74) is 0.406. The highest BCUT2D eigenvalue weighted by Gasteiger charge is 2.34. The van der Waals surface area contributed by atoms with E-state index in [9.17, 15) is 14.9 Å². The van der Waals surface area contributed by atoms with E-state index >= 15 is 0 Å². The highest BCUT2D eigenvalue weighted by atomic mass is 16.6. The van der Waals surface area contributed by atoms with E-state index in [0.717, 1.165) is 0 Å². The molecule has 21 heavy (non-hydrogen) atoms. The predicted molar refractivity (Wildman–Crippen MR) is 73.6 cm³/mol. The molecule has 0 bridgehead atoms. The summed E-state index contributed by atoms with van der Waals surface area (Å²) in [6, 6.07) is 4.97. The van der Waals surface area contributed by atoms with Gasteiger partial charge in [0, 0.05) is 17.7 Å². The molecule has 2 rings (SSSR count). The number of fused-ring (bicyclic) bond motifs is 1. The molecule has 0 aliphatic carbocycles. The SMILES string of the molecule is CCOC(=O)C[C@H]1Oc2cc(OC)ccc2C=C1[N+](=O)[O-]. The van der Waals surface area contributed by atoms with Crippen LogP contribution in [0, 0.1) is 10.1 Å². The third-order valence-electron chi connectivity index (χ3n) is 2.99. The summed E-state index contributed by atoms with van der Waals surface area (Å²) in [6.45, 7) is 1.89. The quantitative estimate of drug-likeness (QED) is 0.469. The fourth-order valence-corrected chi connectivity index (χ4v) is 2.02. The second kappa shape index (κ2) is 6.25. The lowest BCUT2D eigenvalue weighted by Gasteiger charge is -2.22. The van der Waals surface area contributed by atoms with Crippen LogP contribution in [0.1, 0.15) is 18.9 Å². The molecule has 0 saturated carbocycles. The first-order valence-electron chi connectivity index (χ1n) is 6.41. The summed E-state index contributed by atoms with van der Waals surface area (Å²) in [6.07, 6.45) is 0.220.